The molecule has 0 aromatic carbocycles. The molecule has 4 nitrogen and oxygen atoms in total. The SMILES string of the molecule is CN(C)CCn1ncc(Cl)c1C(O)C1CCCS1. The fourth-order valence-electron chi connectivity index (χ4n) is 2.17. The van der Waals surface area contributed by atoms with Gasteiger partial charge in [-0.2, -0.15) is 16.9 Å². The zero-order valence-electron chi connectivity index (χ0n) is 10.8. The number of aliphatic hydroxyl groups is 1. The third-order valence-electron chi connectivity index (χ3n) is 3.19. The lowest BCUT2D eigenvalue weighted by molar-refractivity contribution is 0.160. The van der Waals surface area contributed by atoms with Crippen LogP contribution in [-0.2, 0) is 6.54 Å². The van der Waals surface area contributed by atoms with Crippen molar-refractivity contribution in [3.8, 4) is 0 Å². The van der Waals surface area contributed by atoms with E-state index in [0.717, 1.165) is 31.0 Å². The van der Waals surface area contributed by atoms with Gasteiger partial charge in [0, 0.05) is 11.8 Å². The van der Waals surface area contributed by atoms with Crippen LogP contribution in [-0.4, -0.2) is 51.4 Å². The molecule has 18 heavy (non-hydrogen) atoms. The summed E-state index contributed by atoms with van der Waals surface area (Å²) in [4.78, 5) is 2.09. The molecule has 1 saturated heterocycles. The van der Waals surface area contributed by atoms with Gasteiger partial charge in [-0.1, -0.05) is 11.6 Å². The van der Waals surface area contributed by atoms with Crippen LogP contribution in [0.15, 0.2) is 6.20 Å². The van der Waals surface area contributed by atoms with E-state index in [0.29, 0.717) is 5.02 Å². The molecule has 1 aliphatic rings. The number of likely N-dealkylation sites (N-methyl/N-ethyl adjacent to an activating group) is 1. The summed E-state index contributed by atoms with van der Waals surface area (Å²) in [6, 6.07) is 0. The quantitative estimate of drug-likeness (QED) is 0.900. The van der Waals surface area contributed by atoms with E-state index in [1.54, 1.807) is 6.20 Å². The second-order valence-electron chi connectivity index (χ2n) is 4.90. The summed E-state index contributed by atoms with van der Waals surface area (Å²) in [7, 11) is 4.04. The van der Waals surface area contributed by atoms with Gasteiger partial charge in [-0.05, 0) is 32.7 Å². The number of halogens is 1. The zero-order chi connectivity index (χ0) is 13.1. The molecule has 2 heterocycles. The van der Waals surface area contributed by atoms with Crippen molar-refractivity contribution in [2.75, 3.05) is 26.4 Å². The first kappa shape index (κ1) is 14.2. The van der Waals surface area contributed by atoms with Gasteiger partial charge in [0.25, 0.3) is 0 Å². The summed E-state index contributed by atoms with van der Waals surface area (Å²) in [5.41, 5.74) is 0.776. The maximum atomic E-state index is 10.5. The molecule has 1 fully saturated rings. The van der Waals surface area contributed by atoms with E-state index in [4.69, 9.17) is 11.6 Å². The average molecular weight is 290 g/mol. The van der Waals surface area contributed by atoms with E-state index >= 15 is 0 Å². The smallest absolute Gasteiger partial charge is 0.109 e. The van der Waals surface area contributed by atoms with Gasteiger partial charge in [-0.15, -0.1) is 0 Å². The molecular formula is C12H20ClN3OS. The predicted molar refractivity (Wildman–Crippen MR) is 76.2 cm³/mol. The minimum absolute atomic E-state index is 0.261. The molecule has 1 aliphatic heterocycles. The van der Waals surface area contributed by atoms with E-state index in [1.807, 2.05) is 30.5 Å². The molecule has 2 atom stereocenters. The van der Waals surface area contributed by atoms with Crippen LogP contribution in [0.5, 0.6) is 0 Å². The number of aromatic nitrogens is 2. The van der Waals surface area contributed by atoms with Gasteiger partial charge in [-0.25, -0.2) is 0 Å². The normalized spacial score (nSPS) is 21.7. The highest BCUT2D eigenvalue weighted by Crippen LogP contribution is 2.37. The lowest BCUT2D eigenvalue weighted by atomic mass is 10.1. The average Bonchev–Trinajstić information content (AvgIpc) is 2.94. The summed E-state index contributed by atoms with van der Waals surface area (Å²) in [5.74, 6) is 1.13. The highest BCUT2D eigenvalue weighted by molar-refractivity contribution is 8.00. The molecule has 1 aromatic heterocycles. The Kier molecular flexibility index (Phi) is 4.95. The molecule has 0 aliphatic carbocycles. The number of hydrogen-bond donors (Lipinski definition) is 1. The van der Waals surface area contributed by atoms with E-state index in [9.17, 15) is 5.11 Å². The predicted octanol–water partition coefficient (Wildman–Crippen LogP) is 2.03. The first-order valence-corrected chi connectivity index (χ1v) is 7.68. The fraction of sp³-hybridized carbons (Fsp3) is 0.750. The summed E-state index contributed by atoms with van der Waals surface area (Å²) in [5, 5.41) is 15.6. The number of thioether (sulfide) groups is 1. The molecule has 2 rings (SSSR count). The third kappa shape index (κ3) is 3.20. The van der Waals surface area contributed by atoms with Crippen molar-refractivity contribution in [1.82, 2.24) is 14.7 Å². The van der Waals surface area contributed by atoms with Crippen LogP contribution in [0, 0.1) is 0 Å². The van der Waals surface area contributed by atoms with Gasteiger partial charge in [-0.3, -0.25) is 4.68 Å². The van der Waals surface area contributed by atoms with E-state index in [1.165, 1.54) is 6.42 Å². The largest absolute Gasteiger partial charge is 0.386 e. The molecule has 0 amide bonds. The number of aliphatic hydroxyl groups excluding tert-OH is 1. The molecule has 6 heteroatoms. The van der Waals surface area contributed by atoms with Crippen LogP contribution in [0.2, 0.25) is 5.02 Å². The molecule has 0 saturated carbocycles. The van der Waals surface area contributed by atoms with Crippen molar-refractivity contribution in [3.05, 3.63) is 16.9 Å². The second-order valence-corrected chi connectivity index (χ2v) is 6.65. The third-order valence-corrected chi connectivity index (χ3v) is 4.93. The highest BCUT2D eigenvalue weighted by Gasteiger charge is 2.29. The molecule has 1 N–H and O–H groups in total. The van der Waals surface area contributed by atoms with Gasteiger partial charge in [0.05, 0.1) is 23.5 Å². The Balaban J connectivity index is 2.12. The molecule has 0 bridgehead atoms. The summed E-state index contributed by atoms with van der Waals surface area (Å²) in [6.07, 6.45) is 3.36. The second kappa shape index (κ2) is 6.28. The number of hydrogen-bond acceptors (Lipinski definition) is 4. The van der Waals surface area contributed by atoms with Crippen LogP contribution in [0.1, 0.15) is 24.6 Å². The maximum absolute atomic E-state index is 10.5. The Labute approximate surface area is 117 Å². The van der Waals surface area contributed by atoms with Crippen molar-refractivity contribution in [2.24, 2.45) is 0 Å². The Morgan fingerprint density at radius 3 is 3.06 bits per heavy atom. The lowest BCUT2D eigenvalue weighted by Crippen LogP contribution is -2.23. The number of nitrogens with zero attached hydrogens (tertiary/aromatic N) is 3. The van der Waals surface area contributed by atoms with Crippen LogP contribution < -0.4 is 0 Å². The van der Waals surface area contributed by atoms with Crippen molar-refractivity contribution in [3.63, 3.8) is 0 Å². The topological polar surface area (TPSA) is 41.3 Å². The van der Waals surface area contributed by atoms with Gasteiger partial charge in [0.15, 0.2) is 0 Å². The zero-order valence-corrected chi connectivity index (χ0v) is 12.4. The van der Waals surface area contributed by atoms with Crippen molar-refractivity contribution >= 4 is 23.4 Å². The monoisotopic (exact) mass is 289 g/mol. The Bertz CT molecular complexity index is 391. The molecular weight excluding hydrogens is 270 g/mol. The molecule has 0 spiro atoms. The van der Waals surface area contributed by atoms with Crippen molar-refractivity contribution in [2.45, 2.75) is 30.7 Å². The highest BCUT2D eigenvalue weighted by atomic mass is 35.5. The minimum Gasteiger partial charge on any atom is -0.386 e. The summed E-state index contributed by atoms with van der Waals surface area (Å²) in [6.45, 7) is 1.64. The number of rotatable bonds is 5. The maximum Gasteiger partial charge on any atom is 0.109 e. The minimum atomic E-state index is -0.505. The van der Waals surface area contributed by atoms with Crippen molar-refractivity contribution < 1.29 is 5.11 Å². The fourth-order valence-corrected chi connectivity index (χ4v) is 3.70. The standard InChI is InChI=1S/C12H20ClN3OS/c1-15(2)5-6-16-11(9(13)8-14-16)12(17)10-4-3-7-18-10/h8,10,12,17H,3-7H2,1-2H3. The summed E-state index contributed by atoms with van der Waals surface area (Å²) >= 11 is 8.00. The molecule has 102 valence electrons. The first-order chi connectivity index (χ1) is 8.59. The van der Waals surface area contributed by atoms with Gasteiger partial charge in [0.1, 0.15) is 6.10 Å². The Morgan fingerprint density at radius 1 is 1.67 bits per heavy atom. The van der Waals surface area contributed by atoms with Gasteiger partial charge < -0.3 is 10.0 Å². The van der Waals surface area contributed by atoms with E-state index in [2.05, 4.69) is 10.00 Å². The van der Waals surface area contributed by atoms with Crippen LogP contribution >= 0.6 is 23.4 Å². The molecule has 0 radical (unpaired) electrons. The van der Waals surface area contributed by atoms with Crippen molar-refractivity contribution in [1.29, 1.82) is 0 Å². The lowest BCUT2D eigenvalue weighted by Gasteiger charge is -2.20. The molecule has 2 unspecified atom stereocenters. The first-order valence-electron chi connectivity index (χ1n) is 6.25. The van der Waals surface area contributed by atoms with Crippen LogP contribution in [0.4, 0.5) is 0 Å². The van der Waals surface area contributed by atoms with Gasteiger partial charge in [0.2, 0.25) is 0 Å². The molecule has 1 aromatic rings. The van der Waals surface area contributed by atoms with E-state index < -0.39 is 6.10 Å². The van der Waals surface area contributed by atoms with Crippen LogP contribution in [0.25, 0.3) is 0 Å². The summed E-state index contributed by atoms with van der Waals surface area (Å²) < 4.78 is 1.84. The van der Waals surface area contributed by atoms with E-state index in [-0.39, 0.29) is 5.25 Å². The van der Waals surface area contributed by atoms with Crippen LogP contribution in [0.3, 0.4) is 0 Å². The Hall–Kier alpha value is -0.230. The van der Waals surface area contributed by atoms with Gasteiger partial charge >= 0.3 is 0 Å². The Morgan fingerprint density at radius 2 is 2.44 bits per heavy atom.